The lowest BCUT2D eigenvalue weighted by Crippen LogP contribution is -2.44. The molecular weight excluding hydrogens is 254 g/mol. The minimum atomic E-state index is -0.177. The molecule has 20 heavy (non-hydrogen) atoms. The number of benzene rings is 1. The molecule has 5 nitrogen and oxygen atoms in total. The second-order valence-corrected chi connectivity index (χ2v) is 5.43. The maximum atomic E-state index is 12.0. The van der Waals surface area contributed by atoms with Crippen LogP contribution in [0, 0.1) is 0 Å². The van der Waals surface area contributed by atoms with E-state index < -0.39 is 0 Å². The van der Waals surface area contributed by atoms with E-state index in [0.717, 1.165) is 13.1 Å². The third-order valence-corrected chi connectivity index (χ3v) is 3.86. The van der Waals surface area contributed by atoms with Crippen molar-refractivity contribution in [2.75, 3.05) is 25.4 Å². The van der Waals surface area contributed by atoms with Crippen molar-refractivity contribution in [2.45, 2.75) is 32.2 Å². The largest absolute Gasteiger partial charge is 0.506 e. The number of rotatable bonds is 4. The Kier molecular flexibility index (Phi) is 4.84. The molecule has 5 heteroatoms. The van der Waals surface area contributed by atoms with Crippen LogP contribution in [0.5, 0.6) is 5.75 Å². The van der Waals surface area contributed by atoms with Crippen LogP contribution < -0.4 is 11.1 Å². The molecule has 1 heterocycles. The van der Waals surface area contributed by atoms with Gasteiger partial charge in [-0.2, -0.15) is 0 Å². The number of nitrogens with one attached hydrogen (secondary N) is 1. The van der Waals surface area contributed by atoms with Crippen LogP contribution in [0.3, 0.4) is 0 Å². The molecule has 1 fully saturated rings. The van der Waals surface area contributed by atoms with Gasteiger partial charge in [-0.25, -0.2) is 0 Å². The highest BCUT2D eigenvalue weighted by atomic mass is 16.3. The third-order valence-electron chi connectivity index (χ3n) is 3.86. The molecule has 1 aromatic rings. The number of hydrogen-bond acceptors (Lipinski definition) is 4. The summed E-state index contributed by atoms with van der Waals surface area (Å²) >= 11 is 0. The van der Waals surface area contributed by atoms with Gasteiger partial charge in [-0.3, -0.25) is 9.69 Å². The predicted molar refractivity (Wildman–Crippen MR) is 79.7 cm³/mol. The number of carbonyl (C=O) groups is 1. The highest BCUT2D eigenvalue weighted by Crippen LogP contribution is 2.20. The first kappa shape index (κ1) is 14.7. The zero-order valence-corrected chi connectivity index (χ0v) is 11.9. The summed E-state index contributed by atoms with van der Waals surface area (Å²) in [6, 6.07) is 4.89. The van der Waals surface area contributed by atoms with E-state index in [1.165, 1.54) is 31.4 Å². The van der Waals surface area contributed by atoms with Crippen LogP contribution in [0.25, 0.3) is 0 Å². The first-order chi connectivity index (χ1) is 9.58. The summed E-state index contributed by atoms with van der Waals surface area (Å²) in [5, 5.41) is 12.4. The lowest BCUT2D eigenvalue weighted by atomic mass is 10.1. The van der Waals surface area contributed by atoms with E-state index >= 15 is 0 Å². The number of piperidine rings is 1. The Labute approximate surface area is 119 Å². The molecule has 2 rings (SSSR count). The summed E-state index contributed by atoms with van der Waals surface area (Å²) in [5.74, 6) is -0.231. The topological polar surface area (TPSA) is 78.6 Å². The van der Waals surface area contributed by atoms with Crippen molar-refractivity contribution >= 4 is 11.6 Å². The number of nitrogen functional groups attached to an aromatic ring is 1. The van der Waals surface area contributed by atoms with Crippen LogP contribution in [0.4, 0.5) is 5.69 Å². The Balaban J connectivity index is 1.86. The third kappa shape index (κ3) is 3.63. The Morgan fingerprint density at radius 1 is 1.40 bits per heavy atom. The summed E-state index contributed by atoms with van der Waals surface area (Å²) < 4.78 is 0. The van der Waals surface area contributed by atoms with Gasteiger partial charge in [0.05, 0.1) is 5.69 Å². The number of hydrogen-bond donors (Lipinski definition) is 3. The molecule has 1 amide bonds. The average molecular weight is 277 g/mol. The molecule has 110 valence electrons. The van der Waals surface area contributed by atoms with Crippen molar-refractivity contribution < 1.29 is 9.90 Å². The molecule has 1 atom stereocenters. The van der Waals surface area contributed by atoms with Crippen molar-refractivity contribution in [3.05, 3.63) is 23.8 Å². The number of amides is 1. The number of nitrogens with two attached hydrogens (primary N) is 1. The van der Waals surface area contributed by atoms with E-state index in [-0.39, 0.29) is 17.3 Å². The summed E-state index contributed by atoms with van der Waals surface area (Å²) in [5.41, 5.74) is 6.23. The molecule has 1 aliphatic heterocycles. The normalized spacial score (nSPS) is 17.6. The Bertz CT molecular complexity index is 470. The van der Waals surface area contributed by atoms with Crippen LogP contribution >= 0.6 is 0 Å². The summed E-state index contributed by atoms with van der Waals surface area (Å²) in [4.78, 5) is 14.4. The number of nitrogens with zero attached hydrogens (tertiary/aromatic N) is 1. The molecule has 0 radical (unpaired) electrons. The zero-order chi connectivity index (χ0) is 14.5. The maximum Gasteiger partial charge on any atom is 0.251 e. The lowest BCUT2D eigenvalue weighted by molar-refractivity contribution is 0.0929. The van der Waals surface area contributed by atoms with Gasteiger partial charge < -0.3 is 16.2 Å². The fraction of sp³-hybridized carbons (Fsp3) is 0.533. The first-order valence-corrected chi connectivity index (χ1v) is 7.18. The zero-order valence-electron chi connectivity index (χ0n) is 11.9. The second-order valence-electron chi connectivity index (χ2n) is 5.43. The Morgan fingerprint density at radius 3 is 2.75 bits per heavy atom. The molecule has 0 aromatic heterocycles. The van der Waals surface area contributed by atoms with E-state index in [1.54, 1.807) is 6.07 Å². The van der Waals surface area contributed by atoms with Crippen molar-refractivity contribution in [3.63, 3.8) is 0 Å². The number of phenolic OH excluding ortho intramolecular Hbond substituents is 1. The van der Waals surface area contributed by atoms with Crippen LogP contribution in [0.2, 0.25) is 0 Å². The van der Waals surface area contributed by atoms with Crippen LogP contribution in [0.1, 0.15) is 36.5 Å². The van der Waals surface area contributed by atoms with Gasteiger partial charge in [0.2, 0.25) is 0 Å². The van der Waals surface area contributed by atoms with Gasteiger partial charge in [0.15, 0.2) is 0 Å². The van der Waals surface area contributed by atoms with Crippen molar-refractivity contribution in [2.24, 2.45) is 0 Å². The Morgan fingerprint density at radius 2 is 2.10 bits per heavy atom. The van der Waals surface area contributed by atoms with Crippen molar-refractivity contribution in [1.29, 1.82) is 0 Å². The molecule has 1 aliphatic rings. The minimum absolute atomic E-state index is 0.0540. The lowest BCUT2D eigenvalue weighted by Gasteiger charge is -2.32. The number of carbonyl (C=O) groups excluding carboxylic acids is 1. The molecule has 0 saturated carbocycles. The van der Waals surface area contributed by atoms with Gasteiger partial charge >= 0.3 is 0 Å². The quantitative estimate of drug-likeness (QED) is 0.577. The van der Waals surface area contributed by atoms with E-state index in [1.807, 2.05) is 0 Å². The molecular formula is C15H23N3O2. The van der Waals surface area contributed by atoms with Gasteiger partial charge in [-0.15, -0.1) is 0 Å². The van der Waals surface area contributed by atoms with Gasteiger partial charge in [-0.05, 0) is 51.1 Å². The summed E-state index contributed by atoms with van der Waals surface area (Å²) in [7, 11) is 0. The van der Waals surface area contributed by atoms with Gasteiger partial charge in [0.1, 0.15) is 5.75 Å². The smallest absolute Gasteiger partial charge is 0.251 e. The van der Waals surface area contributed by atoms with E-state index in [0.29, 0.717) is 18.2 Å². The molecule has 0 spiro atoms. The number of phenols is 1. The SMILES string of the molecule is CC(CNC(=O)c1ccc(N)c(O)c1)N1CCCCC1. The molecule has 1 saturated heterocycles. The van der Waals surface area contributed by atoms with E-state index in [2.05, 4.69) is 17.1 Å². The highest BCUT2D eigenvalue weighted by molar-refractivity contribution is 5.95. The van der Waals surface area contributed by atoms with Crippen LogP contribution in [-0.4, -0.2) is 41.6 Å². The maximum absolute atomic E-state index is 12.0. The fourth-order valence-electron chi connectivity index (χ4n) is 2.52. The van der Waals surface area contributed by atoms with Crippen molar-refractivity contribution in [1.82, 2.24) is 10.2 Å². The monoisotopic (exact) mass is 277 g/mol. The van der Waals surface area contributed by atoms with Gasteiger partial charge in [-0.1, -0.05) is 6.42 Å². The van der Waals surface area contributed by atoms with Crippen molar-refractivity contribution in [3.8, 4) is 5.75 Å². The minimum Gasteiger partial charge on any atom is -0.506 e. The predicted octanol–water partition coefficient (Wildman–Crippen LogP) is 1.58. The van der Waals surface area contributed by atoms with Gasteiger partial charge in [0, 0.05) is 18.2 Å². The molecule has 0 aliphatic carbocycles. The molecule has 0 bridgehead atoms. The first-order valence-electron chi connectivity index (χ1n) is 7.18. The number of aromatic hydroxyl groups is 1. The summed E-state index contributed by atoms with van der Waals surface area (Å²) in [6.45, 7) is 4.97. The summed E-state index contributed by atoms with van der Waals surface area (Å²) in [6.07, 6.45) is 3.79. The van der Waals surface area contributed by atoms with Crippen LogP contribution in [0.15, 0.2) is 18.2 Å². The number of likely N-dealkylation sites (tertiary alicyclic amines) is 1. The fourth-order valence-corrected chi connectivity index (χ4v) is 2.52. The number of anilines is 1. The second kappa shape index (κ2) is 6.61. The molecule has 1 aromatic carbocycles. The Hall–Kier alpha value is -1.75. The average Bonchev–Trinajstić information content (AvgIpc) is 2.48. The van der Waals surface area contributed by atoms with E-state index in [9.17, 15) is 9.90 Å². The highest BCUT2D eigenvalue weighted by Gasteiger charge is 2.17. The van der Waals surface area contributed by atoms with E-state index in [4.69, 9.17) is 5.73 Å². The molecule has 1 unspecified atom stereocenters. The van der Waals surface area contributed by atoms with Gasteiger partial charge in [0.25, 0.3) is 5.91 Å². The molecule has 4 N–H and O–H groups in total. The standard InChI is InChI=1S/C15H23N3O2/c1-11(18-7-3-2-4-8-18)10-17-15(20)12-5-6-13(16)14(19)9-12/h5-6,9,11,19H,2-4,7-8,10,16H2,1H3,(H,17,20). The van der Waals surface area contributed by atoms with Crippen LogP contribution in [-0.2, 0) is 0 Å².